The summed E-state index contributed by atoms with van der Waals surface area (Å²) in [4.78, 5) is 37.6. The number of carbonyl (C=O) groups is 3. The van der Waals surface area contributed by atoms with E-state index in [1.54, 1.807) is 18.7 Å². The van der Waals surface area contributed by atoms with Gasteiger partial charge in [-0.1, -0.05) is 37.3 Å². The molecule has 130 valence electrons. The first-order valence-electron chi connectivity index (χ1n) is 8.04. The third-order valence-corrected chi connectivity index (χ3v) is 5.37. The fourth-order valence-electron chi connectivity index (χ4n) is 3.05. The van der Waals surface area contributed by atoms with E-state index >= 15 is 0 Å². The summed E-state index contributed by atoms with van der Waals surface area (Å²) in [6.07, 6.45) is 2.83. The molecule has 1 aliphatic heterocycles. The van der Waals surface area contributed by atoms with Crippen molar-refractivity contribution >= 4 is 29.4 Å². The first-order valence-corrected chi connectivity index (χ1v) is 9.32. The molecular weight excluding hydrogens is 326 g/mol. The molecular formula is C18H23NO4S. The maximum absolute atomic E-state index is 12.6. The maximum Gasteiger partial charge on any atom is 0.326 e. The summed E-state index contributed by atoms with van der Waals surface area (Å²) in [6.45, 7) is 2.14. The van der Waals surface area contributed by atoms with E-state index in [9.17, 15) is 19.5 Å². The second-order valence-electron chi connectivity index (χ2n) is 6.24. The fraction of sp³-hybridized carbons (Fsp3) is 0.500. The molecule has 0 saturated carbocycles. The molecule has 0 aliphatic carbocycles. The molecule has 1 fully saturated rings. The highest BCUT2D eigenvalue weighted by Gasteiger charge is 2.40. The molecule has 2 rings (SSSR count). The molecule has 1 heterocycles. The van der Waals surface area contributed by atoms with Crippen LogP contribution in [0.5, 0.6) is 0 Å². The minimum absolute atomic E-state index is 0.00506. The molecule has 1 aliphatic rings. The molecule has 24 heavy (non-hydrogen) atoms. The number of benzene rings is 1. The lowest BCUT2D eigenvalue weighted by molar-refractivity contribution is -0.150. The van der Waals surface area contributed by atoms with E-state index in [0.717, 1.165) is 5.56 Å². The number of carboxylic acids is 1. The van der Waals surface area contributed by atoms with Gasteiger partial charge in [-0.3, -0.25) is 9.59 Å². The predicted molar refractivity (Wildman–Crippen MR) is 94.0 cm³/mol. The van der Waals surface area contributed by atoms with E-state index in [2.05, 4.69) is 0 Å². The number of amides is 1. The van der Waals surface area contributed by atoms with Crippen molar-refractivity contribution in [3.05, 3.63) is 35.9 Å². The Hall–Kier alpha value is -1.82. The van der Waals surface area contributed by atoms with E-state index in [1.807, 2.05) is 36.6 Å². The normalized spacial score (nSPS) is 21.5. The van der Waals surface area contributed by atoms with E-state index in [4.69, 9.17) is 0 Å². The van der Waals surface area contributed by atoms with Gasteiger partial charge in [-0.05, 0) is 18.2 Å². The molecule has 1 unspecified atom stereocenters. The van der Waals surface area contributed by atoms with Gasteiger partial charge in [0.05, 0.1) is 0 Å². The highest BCUT2D eigenvalue weighted by molar-refractivity contribution is 7.99. The average molecular weight is 349 g/mol. The van der Waals surface area contributed by atoms with Crippen LogP contribution in [0, 0.1) is 5.92 Å². The van der Waals surface area contributed by atoms with Crippen LogP contribution in [0.15, 0.2) is 30.3 Å². The third kappa shape index (κ3) is 4.60. The van der Waals surface area contributed by atoms with E-state index in [-0.39, 0.29) is 23.4 Å². The molecule has 1 amide bonds. The van der Waals surface area contributed by atoms with Crippen LogP contribution >= 0.6 is 11.8 Å². The minimum atomic E-state index is -0.970. The average Bonchev–Trinajstić information content (AvgIpc) is 2.99. The standard InChI is InChI=1S/C18H23NO4S/c1-12(8-14(20)9-13-6-4-3-5-7-13)17(21)19-11-15(24-2)10-16(19)18(22)23/h3-7,12,15-16H,8-11H2,1-2H3,(H,22,23)/t12?,15-,16+/m1/s1. The van der Waals surface area contributed by atoms with Gasteiger partial charge in [0.25, 0.3) is 0 Å². The number of Topliss-reactive ketones (excluding diaryl/α,β-unsaturated/α-hetero) is 1. The Morgan fingerprint density at radius 3 is 2.54 bits per heavy atom. The molecule has 1 aromatic rings. The number of carbonyl (C=O) groups excluding carboxylic acids is 2. The smallest absolute Gasteiger partial charge is 0.326 e. The molecule has 0 aromatic heterocycles. The monoisotopic (exact) mass is 349 g/mol. The topological polar surface area (TPSA) is 74.7 Å². The van der Waals surface area contributed by atoms with Crippen LogP contribution in [-0.2, 0) is 20.8 Å². The molecule has 5 nitrogen and oxygen atoms in total. The van der Waals surface area contributed by atoms with Crippen molar-refractivity contribution in [2.24, 2.45) is 5.92 Å². The quantitative estimate of drug-likeness (QED) is 0.817. The fourth-order valence-corrected chi connectivity index (χ4v) is 3.74. The highest BCUT2D eigenvalue weighted by Crippen LogP contribution is 2.28. The maximum atomic E-state index is 12.6. The number of hydrogen-bond acceptors (Lipinski definition) is 4. The second kappa shape index (κ2) is 8.33. The highest BCUT2D eigenvalue weighted by atomic mass is 32.2. The van der Waals surface area contributed by atoms with Crippen molar-refractivity contribution < 1.29 is 19.5 Å². The van der Waals surface area contributed by atoms with E-state index < -0.39 is 17.9 Å². The van der Waals surface area contributed by atoms with Crippen LogP contribution in [0.1, 0.15) is 25.3 Å². The number of ketones is 1. The number of rotatable bonds is 7. The zero-order valence-corrected chi connectivity index (χ0v) is 14.8. The van der Waals surface area contributed by atoms with Crippen LogP contribution < -0.4 is 0 Å². The second-order valence-corrected chi connectivity index (χ2v) is 7.38. The zero-order valence-electron chi connectivity index (χ0n) is 14.0. The number of hydrogen-bond donors (Lipinski definition) is 1. The number of thioether (sulfide) groups is 1. The molecule has 1 saturated heterocycles. The van der Waals surface area contributed by atoms with Gasteiger partial charge in [-0.2, -0.15) is 11.8 Å². The number of carboxylic acid groups (broad SMARTS) is 1. The van der Waals surface area contributed by atoms with E-state index in [1.165, 1.54) is 4.90 Å². The van der Waals surface area contributed by atoms with Crippen molar-refractivity contribution in [2.45, 2.75) is 37.5 Å². The first kappa shape index (κ1) is 18.5. The lowest BCUT2D eigenvalue weighted by Crippen LogP contribution is -2.43. The molecule has 0 radical (unpaired) electrons. The van der Waals surface area contributed by atoms with Gasteiger partial charge in [0.15, 0.2) is 0 Å². The van der Waals surface area contributed by atoms with Crippen molar-refractivity contribution in [3.8, 4) is 0 Å². The zero-order chi connectivity index (χ0) is 17.7. The van der Waals surface area contributed by atoms with Gasteiger partial charge in [0.2, 0.25) is 5.91 Å². The summed E-state index contributed by atoms with van der Waals surface area (Å²) in [5.41, 5.74) is 0.925. The summed E-state index contributed by atoms with van der Waals surface area (Å²) in [5, 5.41) is 9.48. The first-order chi connectivity index (χ1) is 11.4. The molecule has 0 bridgehead atoms. The Labute approximate surface area is 146 Å². The molecule has 1 N–H and O–H groups in total. The predicted octanol–water partition coefficient (Wildman–Crippen LogP) is 2.24. The molecule has 0 spiro atoms. The van der Waals surface area contributed by atoms with Crippen LogP contribution in [0.25, 0.3) is 0 Å². The molecule has 1 aromatic carbocycles. The number of nitrogens with zero attached hydrogens (tertiary/aromatic N) is 1. The Morgan fingerprint density at radius 1 is 1.29 bits per heavy atom. The summed E-state index contributed by atoms with van der Waals surface area (Å²) in [7, 11) is 0. The Balaban J connectivity index is 1.95. The summed E-state index contributed by atoms with van der Waals surface area (Å²) >= 11 is 1.58. The minimum Gasteiger partial charge on any atom is -0.480 e. The Kier molecular flexibility index (Phi) is 6.43. The van der Waals surface area contributed by atoms with Gasteiger partial charge in [0.1, 0.15) is 11.8 Å². The van der Waals surface area contributed by atoms with Gasteiger partial charge >= 0.3 is 5.97 Å². The van der Waals surface area contributed by atoms with Gasteiger partial charge in [-0.15, -0.1) is 0 Å². The van der Waals surface area contributed by atoms with Crippen molar-refractivity contribution in [1.29, 1.82) is 0 Å². The summed E-state index contributed by atoms with van der Waals surface area (Å²) in [6, 6.07) is 8.63. The van der Waals surface area contributed by atoms with Crippen LogP contribution in [0.2, 0.25) is 0 Å². The number of likely N-dealkylation sites (tertiary alicyclic amines) is 1. The molecule has 6 heteroatoms. The van der Waals surface area contributed by atoms with Gasteiger partial charge < -0.3 is 10.0 Å². The lowest BCUT2D eigenvalue weighted by atomic mass is 9.98. The molecule has 3 atom stereocenters. The van der Waals surface area contributed by atoms with E-state index in [0.29, 0.717) is 19.4 Å². The number of aliphatic carboxylic acids is 1. The Morgan fingerprint density at radius 2 is 1.96 bits per heavy atom. The largest absolute Gasteiger partial charge is 0.480 e. The third-order valence-electron chi connectivity index (χ3n) is 4.36. The van der Waals surface area contributed by atoms with Crippen LogP contribution in [0.3, 0.4) is 0 Å². The SMILES string of the molecule is CS[C@@H]1C[C@@H](C(=O)O)N(C(=O)C(C)CC(=O)Cc2ccccc2)C1. The summed E-state index contributed by atoms with van der Waals surface area (Å²) in [5.74, 6) is -1.71. The van der Waals surface area contributed by atoms with Crippen molar-refractivity contribution in [2.75, 3.05) is 12.8 Å². The van der Waals surface area contributed by atoms with Crippen LogP contribution in [-0.4, -0.2) is 51.8 Å². The van der Waals surface area contributed by atoms with Crippen molar-refractivity contribution in [1.82, 2.24) is 4.90 Å². The summed E-state index contributed by atoms with van der Waals surface area (Å²) < 4.78 is 0. The Bertz CT molecular complexity index is 604. The van der Waals surface area contributed by atoms with Gasteiger partial charge in [-0.25, -0.2) is 4.79 Å². The van der Waals surface area contributed by atoms with Gasteiger partial charge in [0, 0.05) is 30.6 Å². The van der Waals surface area contributed by atoms with Crippen molar-refractivity contribution in [3.63, 3.8) is 0 Å². The lowest BCUT2D eigenvalue weighted by Gasteiger charge is -2.24. The van der Waals surface area contributed by atoms with Crippen LogP contribution in [0.4, 0.5) is 0 Å².